The Morgan fingerprint density at radius 2 is 1.53 bits per heavy atom. The number of nitrogens with zero attached hydrogens (tertiary/aromatic N) is 1. The molecule has 0 aliphatic heterocycles. The number of hydrogen-bond acceptors (Lipinski definition) is 1. The molecule has 0 unspecified atom stereocenters. The quantitative estimate of drug-likeness (QED) is 0.694. The molecule has 0 atom stereocenters. The Hall–Kier alpha value is -1.02. The minimum absolute atomic E-state index is 0.540. The van der Waals surface area contributed by atoms with Crippen LogP contribution in [0.5, 0.6) is 0 Å². The maximum absolute atomic E-state index is 2.35. The average Bonchev–Trinajstić information content (AvgIpc) is 2.25. The molecule has 0 fully saturated rings. The van der Waals surface area contributed by atoms with Crippen LogP contribution < -0.4 is 0 Å². The van der Waals surface area contributed by atoms with Gasteiger partial charge in [0.1, 0.15) is 0 Å². The Morgan fingerprint density at radius 3 is 2.00 bits per heavy atom. The van der Waals surface area contributed by atoms with Crippen LogP contribution in [0.4, 0.5) is 0 Å². The van der Waals surface area contributed by atoms with Gasteiger partial charge in [0.2, 0.25) is 7.41 Å². The number of hydrogen-bond donors (Lipinski definition) is 0. The monoisotopic (exact) mass is 228 g/mol. The summed E-state index contributed by atoms with van der Waals surface area (Å²) in [5, 5.41) is 0. The van der Waals surface area contributed by atoms with Crippen molar-refractivity contribution in [1.82, 2.24) is 4.81 Å². The van der Waals surface area contributed by atoms with E-state index in [4.69, 9.17) is 0 Å². The summed E-state index contributed by atoms with van der Waals surface area (Å²) in [4.78, 5) is 2.35. The molecule has 0 aromatic heterocycles. The van der Waals surface area contributed by atoms with Crippen molar-refractivity contribution < 1.29 is 0 Å². The molecule has 1 aromatic rings. The molecular formula is C15H23BN. The molecule has 0 amide bonds. The predicted octanol–water partition coefficient (Wildman–Crippen LogP) is 3.70. The smallest absolute Gasteiger partial charge is 0.239 e. The molecule has 1 radical (unpaired) electrons. The van der Waals surface area contributed by atoms with Gasteiger partial charge >= 0.3 is 0 Å². The third kappa shape index (κ3) is 4.78. The minimum Gasteiger partial charge on any atom is -0.338 e. The topological polar surface area (TPSA) is 3.24 Å². The third-order valence-corrected chi connectivity index (χ3v) is 2.82. The Labute approximate surface area is 107 Å². The van der Waals surface area contributed by atoms with E-state index >= 15 is 0 Å². The Morgan fingerprint density at radius 1 is 1.00 bits per heavy atom. The molecule has 2 heteroatoms. The summed E-state index contributed by atoms with van der Waals surface area (Å²) in [7, 11) is 2.18. The summed E-state index contributed by atoms with van der Waals surface area (Å²) >= 11 is 0. The zero-order valence-electron chi connectivity index (χ0n) is 11.6. The van der Waals surface area contributed by atoms with E-state index in [1.54, 1.807) is 0 Å². The van der Waals surface area contributed by atoms with E-state index < -0.39 is 0 Å². The van der Waals surface area contributed by atoms with E-state index in [0.717, 1.165) is 0 Å². The van der Waals surface area contributed by atoms with E-state index in [0.29, 0.717) is 12.1 Å². The summed E-state index contributed by atoms with van der Waals surface area (Å²) in [5.41, 5.74) is 2.55. The first-order valence-electron chi connectivity index (χ1n) is 6.36. The largest absolute Gasteiger partial charge is 0.338 e. The number of rotatable bonds is 5. The van der Waals surface area contributed by atoms with Gasteiger partial charge in [0, 0.05) is 0 Å². The second kappa shape index (κ2) is 6.66. The van der Waals surface area contributed by atoms with Gasteiger partial charge < -0.3 is 4.81 Å². The molecular weight excluding hydrogens is 205 g/mol. The molecule has 0 N–H and O–H groups in total. The van der Waals surface area contributed by atoms with E-state index in [-0.39, 0.29) is 0 Å². The zero-order chi connectivity index (χ0) is 12.8. The molecule has 0 aliphatic rings. The van der Waals surface area contributed by atoms with Crippen LogP contribution in [0.3, 0.4) is 0 Å². The van der Waals surface area contributed by atoms with Gasteiger partial charge in [0.25, 0.3) is 0 Å². The second-order valence-corrected chi connectivity index (χ2v) is 5.05. The molecule has 0 saturated carbocycles. The first-order chi connectivity index (χ1) is 8.00. The van der Waals surface area contributed by atoms with Crippen LogP contribution in [-0.2, 0) is 0 Å². The molecule has 0 heterocycles. The van der Waals surface area contributed by atoms with Gasteiger partial charge in [-0.1, -0.05) is 63.6 Å². The van der Waals surface area contributed by atoms with Gasteiger partial charge in [-0.2, -0.15) is 0 Å². The van der Waals surface area contributed by atoms with Crippen LogP contribution >= 0.6 is 0 Å². The standard InChI is InChI=1S/C15H23BN/c1-12(2)17(13(3)4)16-11-10-15-8-6-14(5)7-9-15/h6-13H,1-5H3/b11-10+. The second-order valence-electron chi connectivity index (χ2n) is 5.05. The molecule has 0 aliphatic carbocycles. The van der Waals surface area contributed by atoms with Crippen molar-refractivity contribution in [2.45, 2.75) is 46.7 Å². The fraction of sp³-hybridized carbons (Fsp3) is 0.467. The van der Waals surface area contributed by atoms with Crippen LogP contribution in [0.2, 0.25) is 0 Å². The average molecular weight is 228 g/mol. The summed E-state index contributed by atoms with van der Waals surface area (Å²) in [5.74, 6) is 2.13. The van der Waals surface area contributed by atoms with Crippen LogP contribution in [-0.4, -0.2) is 24.3 Å². The fourth-order valence-electron chi connectivity index (χ4n) is 1.87. The summed E-state index contributed by atoms with van der Waals surface area (Å²) in [6.45, 7) is 11.0. The van der Waals surface area contributed by atoms with Crippen LogP contribution in [0.15, 0.2) is 30.2 Å². The van der Waals surface area contributed by atoms with Crippen molar-refractivity contribution in [3.63, 3.8) is 0 Å². The molecule has 1 nitrogen and oxygen atoms in total. The van der Waals surface area contributed by atoms with Crippen LogP contribution in [0.1, 0.15) is 38.8 Å². The van der Waals surface area contributed by atoms with Crippen molar-refractivity contribution in [2.75, 3.05) is 0 Å². The van der Waals surface area contributed by atoms with Crippen molar-refractivity contribution >= 4 is 13.5 Å². The van der Waals surface area contributed by atoms with Crippen LogP contribution in [0.25, 0.3) is 6.08 Å². The lowest BCUT2D eigenvalue weighted by atomic mass is 9.86. The first-order valence-corrected chi connectivity index (χ1v) is 6.36. The Kier molecular flexibility index (Phi) is 5.50. The lowest BCUT2D eigenvalue weighted by molar-refractivity contribution is 0.315. The van der Waals surface area contributed by atoms with Gasteiger partial charge in [-0.05, 0) is 24.6 Å². The third-order valence-electron chi connectivity index (χ3n) is 2.82. The molecule has 1 aromatic carbocycles. The van der Waals surface area contributed by atoms with Gasteiger partial charge in [-0.15, -0.1) is 5.98 Å². The number of aryl methyl sites for hydroxylation is 1. The maximum atomic E-state index is 2.35. The summed E-state index contributed by atoms with van der Waals surface area (Å²) in [6, 6.07) is 9.66. The number of benzene rings is 1. The molecule has 91 valence electrons. The van der Waals surface area contributed by atoms with Gasteiger partial charge in [0.15, 0.2) is 0 Å². The maximum Gasteiger partial charge on any atom is 0.239 e. The van der Waals surface area contributed by atoms with Crippen molar-refractivity contribution in [3.8, 4) is 0 Å². The highest BCUT2D eigenvalue weighted by Crippen LogP contribution is 2.06. The molecule has 0 spiro atoms. The summed E-state index contributed by atoms with van der Waals surface area (Å²) in [6.07, 6.45) is 2.15. The Balaban J connectivity index is 2.57. The minimum atomic E-state index is 0.540. The molecule has 0 saturated heterocycles. The highest BCUT2D eigenvalue weighted by atomic mass is 15.1. The molecule has 1 rings (SSSR count). The zero-order valence-corrected chi connectivity index (χ0v) is 11.6. The molecule has 0 bridgehead atoms. The highest BCUT2D eigenvalue weighted by molar-refractivity contribution is 6.40. The predicted molar refractivity (Wildman–Crippen MR) is 78.1 cm³/mol. The fourth-order valence-corrected chi connectivity index (χ4v) is 1.87. The van der Waals surface area contributed by atoms with Crippen LogP contribution in [0, 0.1) is 6.92 Å². The lowest BCUT2D eigenvalue weighted by Gasteiger charge is -2.28. The van der Waals surface area contributed by atoms with E-state index in [1.807, 2.05) is 0 Å². The molecule has 17 heavy (non-hydrogen) atoms. The van der Waals surface area contributed by atoms with Gasteiger partial charge in [-0.25, -0.2) is 0 Å². The highest BCUT2D eigenvalue weighted by Gasteiger charge is 2.11. The van der Waals surface area contributed by atoms with E-state index in [1.165, 1.54) is 11.1 Å². The van der Waals surface area contributed by atoms with Gasteiger partial charge in [-0.3, -0.25) is 0 Å². The first kappa shape index (κ1) is 14.0. The van der Waals surface area contributed by atoms with Gasteiger partial charge in [0.05, 0.1) is 0 Å². The van der Waals surface area contributed by atoms with E-state index in [9.17, 15) is 0 Å². The Bertz CT molecular complexity index is 344. The summed E-state index contributed by atoms with van der Waals surface area (Å²) < 4.78 is 0. The van der Waals surface area contributed by atoms with Crippen molar-refractivity contribution in [1.29, 1.82) is 0 Å². The normalized spacial score (nSPS) is 12.0. The van der Waals surface area contributed by atoms with E-state index in [2.05, 4.69) is 83.2 Å². The SMILES string of the molecule is Cc1ccc(/C=C/[B]N(C(C)C)C(C)C)cc1. The van der Waals surface area contributed by atoms with Crippen molar-refractivity contribution in [2.24, 2.45) is 0 Å². The van der Waals surface area contributed by atoms with Crippen molar-refractivity contribution in [3.05, 3.63) is 41.4 Å². The lowest BCUT2D eigenvalue weighted by Crippen LogP contribution is -2.39.